The quantitative estimate of drug-likeness (QED) is 0.861. The summed E-state index contributed by atoms with van der Waals surface area (Å²) in [5, 5.41) is 10.6. The largest absolute Gasteiger partial charge is 0.388 e. The monoisotopic (exact) mass is 276 g/mol. The van der Waals surface area contributed by atoms with Gasteiger partial charge in [0, 0.05) is 39.1 Å². The van der Waals surface area contributed by atoms with Crippen molar-refractivity contribution in [2.24, 2.45) is 0 Å². The molecular formula is C17H28N2O. The van der Waals surface area contributed by atoms with Gasteiger partial charge in [0.1, 0.15) is 0 Å². The van der Waals surface area contributed by atoms with Crippen molar-refractivity contribution >= 4 is 0 Å². The summed E-state index contributed by atoms with van der Waals surface area (Å²) >= 11 is 0. The van der Waals surface area contributed by atoms with Crippen molar-refractivity contribution in [2.75, 3.05) is 39.3 Å². The van der Waals surface area contributed by atoms with Gasteiger partial charge in [0.05, 0.1) is 5.60 Å². The lowest BCUT2D eigenvalue weighted by atomic mass is 9.95. The number of nitrogens with zero attached hydrogens (tertiary/aromatic N) is 2. The van der Waals surface area contributed by atoms with Gasteiger partial charge in [-0.15, -0.1) is 0 Å². The molecule has 3 heteroatoms. The third kappa shape index (κ3) is 4.89. The molecule has 1 heterocycles. The Balaban J connectivity index is 1.80. The smallest absolute Gasteiger partial charge is 0.0786 e. The first-order valence-corrected chi connectivity index (χ1v) is 7.80. The van der Waals surface area contributed by atoms with Gasteiger partial charge in [-0.05, 0) is 25.5 Å². The molecule has 1 fully saturated rings. The van der Waals surface area contributed by atoms with Crippen LogP contribution in [0, 0.1) is 0 Å². The van der Waals surface area contributed by atoms with Crippen LogP contribution in [-0.2, 0) is 6.42 Å². The number of hydrogen-bond acceptors (Lipinski definition) is 3. The Morgan fingerprint density at radius 2 is 1.65 bits per heavy atom. The standard InChI is InChI=1S/C17H28N2O/c1-3-9-18-10-12-19(13-11-18)15-17(2,20)14-16-7-5-4-6-8-16/h4-8,20H,3,9-15H2,1-2H3. The van der Waals surface area contributed by atoms with E-state index in [1.54, 1.807) is 0 Å². The van der Waals surface area contributed by atoms with Crippen LogP contribution in [0.3, 0.4) is 0 Å². The van der Waals surface area contributed by atoms with Crippen LogP contribution in [0.25, 0.3) is 0 Å². The molecule has 0 saturated carbocycles. The Labute approximate surface area is 123 Å². The van der Waals surface area contributed by atoms with E-state index in [-0.39, 0.29) is 0 Å². The minimum Gasteiger partial charge on any atom is -0.388 e. The van der Waals surface area contributed by atoms with Crippen molar-refractivity contribution < 1.29 is 5.11 Å². The Kier molecular flexibility index (Phi) is 5.58. The number of rotatable bonds is 6. The third-order valence-corrected chi connectivity index (χ3v) is 4.00. The van der Waals surface area contributed by atoms with Gasteiger partial charge in [0.25, 0.3) is 0 Å². The summed E-state index contributed by atoms with van der Waals surface area (Å²) in [4.78, 5) is 4.91. The molecule has 112 valence electrons. The summed E-state index contributed by atoms with van der Waals surface area (Å²) in [6, 6.07) is 10.3. The van der Waals surface area contributed by atoms with Crippen LogP contribution in [0.15, 0.2) is 30.3 Å². The van der Waals surface area contributed by atoms with Gasteiger partial charge in [-0.25, -0.2) is 0 Å². The first-order chi connectivity index (χ1) is 9.59. The zero-order valence-electron chi connectivity index (χ0n) is 12.9. The second-order valence-corrected chi connectivity index (χ2v) is 6.28. The highest BCUT2D eigenvalue weighted by Gasteiger charge is 2.26. The molecule has 1 aliphatic heterocycles. The van der Waals surface area contributed by atoms with Crippen molar-refractivity contribution in [1.29, 1.82) is 0 Å². The maximum absolute atomic E-state index is 10.6. The SMILES string of the molecule is CCCN1CCN(CC(C)(O)Cc2ccccc2)CC1. The summed E-state index contributed by atoms with van der Waals surface area (Å²) in [6.07, 6.45) is 1.95. The minimum atomic E-state index is -0.645. The molecule has 1 aromatic carbocycles. The van der Waals surface area contributed by atoms with E-state index in [1.807, 2.05) is 25.1 Å². The average molecular weight is 276 g/mol. The molecule has 0 aromatic heterocycles. The molecule has 0 amide bonds. The minimum absolute atomic E-state index is 0.645. The van der Waals surface area contributed by atoms with Crippen molar-refractivity contribution in [3.8, 4) is 0 Å². The van der Waals surface area contributed by atoms with E-state index in [2.05, 4.69) is 28.9 Å². The van der Waals surface area contributed by atoms with Crippen LogP contribution < -0.4 is 0 Å². The lowest BCUT2D eigenvalue weighted by molar-refractivity contribution is 0.00445. The van der Waals surface area contributed by atoms with Crippen molar-refractivity contribution in [2.45, 2.75) is 32.3 Å². The predicted molar refractivity (Wildman–Crippen MR) is 83.9 cm³/mol. The Bertz CT molecular complexity index is 383. The number of hydrogen-bond donors (Lipinski definition) is 1. The number of aliphatic hydroxyl groups is 1. The second-order valence-electron chi connectivity index (χ2n) is 6.28. The lowest BCUT2D eigenvalue weighted by Gasteiger charge is -2.38. The van der Waals surface area contributed by atoms with E-state index in [0.29, 0.717) is 0 Å². The van der Waals surface area contributed by atoms with Crippen molar-refractivity contribution in [3.05, 3.63) is 35.9 Å². The predicted octanol–water partition coefficient (Wildman–Crippen LogP) is 2.01. The van der Waals surface area contributed by atoms with E-state index >= 15 is 0 Å². The number of piperazine rings is 1. The summed E-state index contributed by atoms with van der Waals surface area (Å²) < 4.78 is 0. The van der Waals surface area contributed by atoms with Crippen molar-refractivity contribution in [3.63, 3.8) is 0 Å². The second kappa shape index (κ2) is 7.21. The summed E-state index contributed by atoms with van der Waals surface area (Å²) in [6.45, 7) is 10.6. The molecule has 1 aromatic rings. The van der Waals surface area contributed by atoms with E-state index < -0.39 is 5.60 Å². The van der Waals surface area contributed by atoms with Crippen LogP contribution in [-0.4, -0.2) is 59.8 Å². The van der Waals surface area contributed by atoms with Crippen molar-refractivity contribution in [1.82, 2.24) is 9.80 Å². The van der Waals surface area contributed by atoms with Gasteiger partial charge in [0.15, 0.2) is 0 Å². The topological polar surface area (TPSA) is 26.7 Å². The fourth-order valence-electron chi connectivity index (χ4n) is 3.06. The number of benzene rings is 1. The average Bonchev–Trinajstić information content (AvgIpc) is 2.41. The Morgan fingerprint density at radius 1 is 1.05 bits per heavy atom. The first-order valence-electron chi connectivity index (χ1n) is 7.80. The molecule has 0 radical (unpaired) electrons. The van der Waals surface area contributed by atoms with Gasteiger partial charge in [-0.3, -0.25) is 4.90 Å². The van der Waals surface area contributed by atoms with E-state index in [1.165, 1.54) is 18.5 Å². The molecular weight excluding hydrogens is 248 g/mol. The molecule has 0 bridgehead atoms. The Morgan fingerprint density at radius 3 is 2.25 bits per heavy atom. The third-order valence-electron chi connectivity index (χ3n) is 4.00. The van der Waals surface area contributed by atoms with Gasteiger partial charge in [0.2, 0.25) is 0 Å². The fourth-order valence-corrected chi connectivity index (χ4v) is 3.06. The van der Waals surface area contributed by atoms with E-state index in [4.69, 9.17) is 0 Å². The molecule has 0 aliphatic carbocycles. The highest BCUT2D eigenvalue weighted by atomic mass is 16.3. The molecule has 3 nitrogen and oxygen atoms in total. The lowest BCUT2D eigenvalue weighted by Crippen LogP contribution is -2.51. The summed E-state index contributed by atoms with van der Waals surface area (Å²) in [5.41, 5.74) is 0.566. The van der Waals surface area contributed by atoms with Gasteiger partial charge >= 0.3 is 0 Å². The molecule has 1 unspecified atom stereocenters. The maximum atomic E-state index is 10.6. The molecule has 1 aliphatic rings. The highest BCUT2D eigenvalue weighted by molar-refractivity contribution is 5.16. The van der Waals surface area contributed by atoms with Crippen LogP contribution in [0.4, 0.5) is 0 Å². The molecule has 1 N–H and O–H groups in total. The van der Waals surface area contributed by atoms with Crippen LogP contribution in [0.1, 0.15) is 25.8 Å². The van der Waals surface area contributed by atoms with Crippen LogP contribution in [0.2, 0.25) is 0 Å². The number of β-amino-alcohol motifs (C(OH)–C–C–N with tert-alkyl or cyclic N) is 1. The first kappa shape index (κ1) is 15.5. The van der Waals surface area contributed by atoms with Crippen LogP contribution in [0.5, 0.6) is 0 Å². The molecule has 20 heavy (non-hydrogen) atoms. The highest BCUT2D eigenvalue weighted by Crippen LogP contribution is 2.16. The zero-order valence-corrected chi connectivity index (χ0v) is 12.9. The van der Waals surface area contributed by atoms with Gasteiger partial charge < -0.3 is 10.0 Å². The van der Waals surface area contributed by atoms with E-state index in [0.717, 1.165) is 39.1 Å². The fraction of sp³-hybridized carbons (Fsp3) is 0.647. The summed E-state index contributed by atoms with van der Waals surface area (Å²) in [5.74, 6) is 0. The summed E-state index contributed by atoms with van der Waals surface area (Å²) in [7, 11) is 0. The van der Waals surface area contributed by atoms with Gasteiger partial charge in [-0.2, -0.15) is 0 Å². The Hall–Kier alpha value is -0.900. The van der Waals surface area contributed by atoms with Crippen LogP contribution >= 0.6 is 0 Å². The zero-order chi connectivity index (χ0) is 14.4. The molecule has 1 saturated heterocycles. The normalized spacial score (nSPS) is 20.8. The van der Waals surface area contributed by atoms with Gasteiger partial charge in [-0.1, -0.05) is 37.3 Å². The molecule has 1 atom stereocenters. The van der Waals surface area contributed by atoms with E-state index in [9.17, 15) is 5.11 Å². The molecule has 0 spiro atoms. The molecule has 2 rings (SSSR count). The maximum Gasteiger partial charge on any atom is 0.0786 e.